The number of nitrogens with one attached hydrogen (secondary N) is 1. The molecule has 2 fully saturated rings. The molecule has 0 spiro atoms. The van der Waals surface area contributed by atoms with Gasteiger partial charge in [-0.2, -0.15) is 0 Å². The third kappa shape index (κ3) is 5.45. The molecule has 0 aliphatic carbocycles. The van der Waals surface area contributed by atoms with E-state index in [1.807, 2.05) is 29.2 Å². The number of likely N-dealkylation sites (tertiary alicyclic amines) is 1. The molecule has 0 aromatic heterocycles. The van der Waals surface area contributed by atoms with Crippen LogP contribution < -0.4 is 5.32 Å². The number of rotatable bonds is 6. The van der Waals surface area contributed by atoms with Gasteiger partial charge in [0.25, 0.3) is 5.91 Å². The average Bonchev–Trinajstić information content (AvgIpc) is 3.19. The number of carbonyl (C=O) groups is 2. The fraction of sp³-hybridized carbons (Fsp3) is 0.600. The predicted octanol–water partition coefficient (Wildman–Crippen LogP) is 3.15. The molecule has 5 nitrogen and oxygen atoms in total. The first-order valence-corrected chi connectivity index (χ1v) is 9.91. The van der Waals surface area contributed by atoms with E-state index in [9.17, 15) is 9.59 Å². The molecule has 1 atom stereocenters. The number of nitrogens with zero attached hydrogens (tertiary/aromatic N) is 1. The Kier molecular flexibility index (Phi) is 6.92. The summed E-state index contributed by atoms with van der Waals surface area (Å²) in [6.07, 6.45) is 4.97. The minimum Gasteiger partial charge on any atom is -0.368 e. The molecule has 0 bridgehead atoms. The zero-order valence-electron chi connectivity index (χ0n) is 15.1. The van der Waals surface area contributed by atoms with Crippen LogP contribution in [0.5, 0.6) is 0 Å². The van der Waals surface area contributed by atoms with E-state index in [-0.39, 0.29) is 17.9 Å². The quantitative estimate of drug-likeness (QED) is 0.827. The van der Waals surface area contributed by atoms with Crippen molar-refractivity contribution < 1.29 is 14.3 Å². The topological polar surface area (TPSA) is 58.6 Å². The zero-order valence-corrected chi connectivity index (χ0v) is 15.8. The summed E-state index contributed by atoms with van der Waals surface area (Å²) >= 11 is 5.95. The predicted molar refractivity (Wildman–Crippen MR) is 101 cm³/mol. The second-order valence-electron chi connectivity index (χ2n) is 7.22. The Hall–Kier alpha value is -1.59. The number of hydrogen-bond acceptors (Lipinski definition) is 3. The minimum absolute atomic E-state index is 0.0721. The summed E-state index contributed by atoms with van der Waals surface area (Å²) in [5, 5.41) is 3.63. The summed E-state index contributed by atoms with van der Waals surface area (Å²) in [6, 6.07) is 7.52. The molecule has 0 radical (unpaired) electrons. The SMILES string of the molecule is O=C(CCC1CCN(C(=O)[C@H]2CCCO2)CC1)NCc1cccc(Cl)c1. The van der Waals surface area contributed by atoms with E-state index in [1.54, 1.807) is 0 Å². The highest BCUT2D eigenvalue weighted by molar-refractivity contribution is 6.30. The molecule has 26 heavy (non-hydrogen) atoms. The number of amides is 2. The molecule has 2 saturated heterocycles. The Bertz CT molecular complexity index is 623. The van der Waals surface area contributed by atoms with Crippen LogP contribution in [0.4, 0.5) is 0 Å². The highest BCUT2D eigenvalue weighted by Gasteiger charge is 2.30. The number of benzene rings is 1. The van der Waals surface area contributed by atoms with Crippen molar-refractivity contribution in [2.45, 2.75) is 51.2 Å². The van der Waals surface area contributed by atoms with E-state index in [1.165, 1.54) is 0 Å². The van der Waals surface area contributed by atoms with Crippen LogP contribution in [-0.4, -0.2) is 42.5 Å². The Balaban J connectivity index is 1.33. The van der Waals surface area contributed by atoms with Gasteiger partial charge in [0.15, 0.2) is 0 Å². The molecule has 1 aromatic carbocycles. The molecule has 2 aliphatic heterocycles. The lowest BCUT2D eigenvalue weighted by molar-refractivity contribution is -0.142. The van der Waals surface area contributed by atoms with Crippen molar-refractivity contribution in [2.24, 2.45) is 5.92 Å². The van der Waals surface area contributed by atoms with Gasteiger partial charge in [0.1, 0.15) is 6.10 Å². The molecule has 0 saturated carbocycles. The van der Waals surface area contributed by atoms with Crippen LogP contribution in [0.25, 0.3) is 0 Å². The largest absolute Gasteiger partial charge is 0.368 e. The van der Waals surface area contributed by atoms with Gasteiger partial charge in [-0.1, -0.05) is 23.7 Å². The van der Waals surface area contributed by atoms with Crippen LogP contribution in [0.2, 0.25) is 5.02 Å². The molecule has 3 rings (SSSR count). The van der Waals surface area contributed by atoms with E-state index in [2.05, 4.69) is 5.32 Å². The Morgan fingerprint density at radius 1 is 1.23 bits per heavy atom. The first kappa shape index (κ1) is 19.2. The van der Waals surface area contributed by atoms with Crippen LogP contribution in [0.3, 0.4) is 0 Å². The number of halogens is 1. The standard InChI is InChI=1S/C20H27ClN2O3/c21-17-4-1-3-16(13-17)14-22-19(24)7-6-15-8-10-23(11-9-15)20(25)18-5-2-12-26-18/h1,3-4,13,15,18H,2,5-12,14H2,(H,22,24)/t18-/m1/s1. The third-order valence-electron chi connectivity index (χ3n) is 5.29. The summed E-state index contributed by atoms with van der Waals surface area (Å²) < 4.78 is 5.49. The van der Waals surface area contributed by atoms with Crippen LogP contribution in [0.15, 0.2) is 24.3 Å². The summed E-state index contributed by atoms with van der Waals surface area (Å²) in [7, 11) is 0. The summed E-state index contributed by atoms with van der Waals surface area (Å²) in [6.45, 7) is 2.78. The monoisotopic (exact) mass is 378 g/mol. The number of carbonyl (C=O) groups excluding carboxylic acids is 2. The van der Waals surface area contributed by atoms with E-state index in [0.717, 1.165) is 50.8 Å². The molecule has 1 N–H and O–H groups in total. The molecular weight excluding hydrogens is 352 g/mol. The van der Waals surface area contributed by atoms with Crippen molar-refractivity contribution in [3.63, 3.8) is 0 Å². The number of hydrogen-bond donors (Lipinski definition) is 1. The first-order chi connectivity index (χ1) is 12.6. The Labute approximate surface area is 160 Å². The third-order valence-corrected chi connectivity index (χ3v) is 5.52. The molecule has 1 aromatic rings. The number of piperidine rings is 1. The molecular formula is C20H27ClN2O3. The molecule has 2 amide bonds. The van der Waals surface area contributed by atoms with Gasteiger partial charge in [0, 0.05) is 37.7 Å². The van der Waals surface area contributed by atoms with E-state index >= 15 is 0 Å². The second-order valence-corrected chi connectivity index (χ2v) is 7.65. The maximum atomic E-state index is 12.3. The zero-order chi connectivity index (χ0) is 18.4. The van der Waals surface area contributed by atoms with Crippen LogP contribution in [0, 0.1) is 5.92 Å². The van der Waals surface area contributed by atoms with Crippen LogP contribution >= 0.6 is 11.6 Å². The molecule has 6 heteroatoms. The first-order valence-electron chi connectivity index (χ1n) is 9.53. The lowest BCUT2D eigenvalue weighted by Gasteiger charge is -2.33. The maximum absolute atomic E-state index is 12.3. The van der Waals surface area contributed by atoms with Crippen molar-refractivity contribution in [3.8, 4) is 0 Å². The molecule has 2 heterocycles. The van der Waals surface area contributed by atoms with Crippen molar-refractivity contribution in [1.29, 1.82) is 0 Å². The lowest BCUT2D eigenvalue weighted by atomic mass is 9.91. The van der Waals surface area contributed by atoms with Gasteiger partial charge < -0.3 is 15.0 Å². The second kappa shape index (κ2) is 9.38. The number of ether oxygens (including phenoxy) is 1. The summed E-state index contributed by atoms with van der Waals surface area (Å²) in [5.41, 5.74) is 1.01. The van der Waals surface area contributed by atoms with Crippen LogP contribution in [0.1, 0.15) is 44.1 Å². The van der Waals surface area contributed by atoms with Gasteiger partial charge in [0.05, 0.1) is 0 Å². The van der Waals surface area contributed by atoms with Crippen molar-refractivity contribution in [1.82, 2.24) is 10.2 Å². The summed E-state index contributed by atoms with van der Waals surface area (Å²) in [5.74, 6) is 0.739. The van der Waals surface area contributed by atoms with Crippen molar-refractivity contribution in [3.05, 3.63) is 34.9 Å². The maximum Gasteiger partial charge on any atom is 0.251 e. The normalized spacial score (nSPS) is 21.0. The van der Waals surface area contributed by atoms with Gasteiger partial charge in [-0.15, -0.1) is 0 Å². The van der Waals surface area contributed by atoms with E-state index in [0.29, 0.717) is 30.5 Å². The van der Waals surface area contributed by atoms with Crippen LogP contribution in [-0.2, 0) is 20.9 Å². The highest BCUT2D eigenvalue weighted by Crippen LogP contribution is 2.24. The van der Waals surface area contributed by atoms with Crippen molar-refractivity contribution >= 4 is 23.4 Å². The molecule has 2 aliphatic rings. The van der Waals surface area contributed by atoms with Crippen molar-refractivity contribution in [2.75, 3.05) is 19.7 Å². The van der Waals surface area contributed by atoms with Gasteiger partial charge in [-0.3, -0.25) is 9.59 Å². The van der Waals surface area contributed by atoms with Gasteiger partial charge in [-0.05, 0) is 55.7 Å². The lowest BCUT2D eigenvalue weighted by Crippen LogP contribution is -2.43. The van der Waals surface area contributed by atoms with E-state index < -0.39 is 0 Å². The van der Waals surface area contributed by atoms with Gasteiger partial charge >= 0.3 is 0 Å². The molecule has 142 valence electrons. The fourth-order valence-corrected chi connectivity index (χ4v) is 3.90. The Morgan fingerprint density at radius 3 is 2.73 bits per heavy atom. The fourth-order valence-electron chi connectivity index (χ4n) is 3.69. The highest BCUT2D eigenvalue weighted by atomic mass is 35.5. The van der Waals surface area contributed by atoms with Gasteiger partial charge in [0.2, 0.25) is 5.91 Å². The summed E-state index contributed by atoms with van der Waals surface area (Å²) in [4.78, 5) is 26.3. The molecule has 0 unspecified atom stereocenters. The Morgan fingerprint density at radius 2 is 2.04 bits per heavy atom. The smallest absolute Gasteiger partial charge is 0.251 e. The van der Waals surface area contributed by atoms with E-state index in [4.69, 9.17) is 16.3 Å². The average molecular weight is 379 g/mol. The minimum atomic E-state index is -0.219. The van der Waals surface area contributed by atoms with Gasteiger partial charge in [-0.25, -0.2) is 0 Å².